The van der Waals surface area contributed by atoms with E-state index in [1.54, 1.807) is 0 Å². The molecular weight excluding hydrogens is 346 g/mol. The summed E-state index contributed by atoms with van der Waals surface area (Å²) in [5.41, 5.74) is 2.57. The lowest BCUT2D eigenvalue weighted by atomic mass is 9.99. The van der Waals surface area contributed by atoms with Gasteiger partial charge in [-0.2, -0.15) is 0 Å². The molecule has 1 atom stereocenters. The van der Waals surface area contributed by atoms with Gasteiger partial charge in [0.15, 0.2) is 0 Å². The number of hydrogen-bond donors (Lipinski definition) is 0. The molecule has 0 N–H and O–H groups in total. The first-order valence-electron chi connectivity index (χ1n) is 9.61. The molecule has 1 nitrogen and oxygen atoms in total. The van der Waals surface area contributed by atoms with Crippen molar-refractivity contribution < 1.29 is 0 Å². The lowest BCUT2D eigenvalue weighted by Gasteiger charge is -2.13. The first-order valence-corrected chi connectivity index (χ1v) is 10.6. The van der Waals surface area contributed by atoms with Crippen LogP contribution in [0.25, 0.3) is 21.5 Å². The van der Waals surface area contributed by atoms with Crippen molar-refractivity contribution in [3.05, 3.63) is 84.2 Å². The highest BCUT2D eigenvalue weighted by Crippen LogP contribution is 2.30. The highest BCUT2D eigenvalue weighted by molar-refractivity contribution is 7.99. The monoisotopic (exact) mass is 371 g/mol. The highest BCUT2D eigenvalue weighted by Gasteiger charge is 2.09. The fourth-order valence-electron chi connectivity index (χ4n) is 3.37. The maximum atomic E-state index is 4.57. The highest BCUT2D eigenvalue weighted by atomic mass is 32.2. The zero-order chi connectivity index (χ0) is 18.8. The molecule has 0 radical (unpaired) electrons. The SMILES string of the molecule is CC(C)c1cc2cc(SCC(C)c3ccc4ccccc4c3)ccc2cn1. The van der Waals surface area contributed by atoms with E-state index in [-0.39, 0.29) is 0 Å². The molecule has 0 aliphatic carbocycles. The normalized spacial score (nSPS) is 12.7. The van der Waals surface area contributed by atoms with E-state index in [1.165, 1.54) is 32.0 Å². The minimum Gasteiger partial charge on any atom is -0.260 e. The Kier molecular flexibility index (Phi) is 5.18. The molecule has 0 aliphatic rings. The molecule has 0 spiro atoms. The maximum absolute atomic E-state index is 4.57. The van der Waals surface area contributed by atoms with Crippen LogP contribution in [0.5, 0.6) is 0 Å². The van der Waals surface area contributed by atoms with E-state index in [0.717, 1.165) is 11.4 Å². The summed E-state index contributed by atoms with van der Waals surface area (Å²) in [5.74, 6) is 2.05. The second kappa shape index (κ2) is 7.74. The third kappa shape index (κ3) is 4.01. The van der Waals surface area contributed by atoms with E-state index >= 15 is 0 Å². The molecule has 0 amide bonds. The van der Waals surface area contributed by atoms with Gasteiger partial charge in [-0.15, -0.1) is 11.8 Å². The zero-order valence-electron chi connectivity index (χ0n) is 16.1. The fraction of sp³-hybridized carbons (Fsp3) is 0.240. The van der Waals surface area contributed by atoms with Crippen LogP contribution in [0.15, 0.2) is 77.8 Å². The molecule has 0 aliphatic heterocycles. The second-order valence-corrected chi connectivity index (χ2v) is 8.68. The van der Waals surface area contributed by atoms with Crippen molar-refractivity contribution in [3.8, 4) is 0 Å². The summed E-state index contributed by atoms with van der Waals surface area (Å²) < 4.78 is 0. The van der Waals surface area contributed by atoms with E-state index in [1.807, 2.05) is 18.0 Å². The van der Waals surface area contributed by atoms with Crippen molar-refractivity contribution in [2.24, 2.45) is 0 Å². The number of fused-ring (bicyclic) bond motifs is 2. The summed E-state index contributed by atoms with van der Waals surface area (Å²) in [4.78, 5) is 5.90. The topological polar surface area (TPSA) is 12.9 Å². The van der Waals surface area contributed by atoms with Gasteiger partial charge in [-0.05, 0) is 51.8 Å². The zero-order valence-corrected chi connectivity index (χ0v) is 17.0. The van der Waals surface area contributed by atoms with Crippen LogP contribution in [0.1, 0.15) is 43.9 Å². The van der Waals surface area contributed by atoms with Crippen LogP contribution in [0, 0.1) is 0 Å². The van der Waals surface area contributed by atoms with E-state index in [4.69, 9.17) is 0 Å². The average Bonchev–Trinajstić information content (AvgIpc) is 2.71. The van der Waals surface area contributed by atoms with Crippen LogP contribution < -0.4 is 0 Å². The number of hydrogen-bond acceptors (Lipinski definition) is 2. The summed E-state index contributed by atoms with van der Waals surface area (Å²) in [6, 6.07) is 24.4. The maximum Gasteiger partial charge on any atom is 0.0435 e. The van der Waals surface area contributed by atoms with Crippen molar-refractivity contribution >= 4 is 33.3 Å². The quantitative estimate of drug-likeness (QED) is 0.339. The van der Waals surface area contributed by atoms with Gasteiger partial charge in [0.1, 0.15) is 0 Å². The summed E-state index contributed by atoms with van der Waals surface area (Å²) in [6.45, 7) is 6.70. The van der Waals surface area contributed by atoms with Crippen LogP contribution in [0.2, 0.25) is 0 Å². The number of rotatable bonds is 5. The molecule has 1 unspecified atom stereocenters. The van der Waals surface area contributed by atoms with E-state index in [0.29, 0.717) is 11.8 Å². The first-order chi connectivity index (χ1) is 13.1. The largest absolute Gasteiger partial charge is 0.260 e. The van der Waals surface area contributed by atoms with Gasteiger partial charge < -0.3 is 0 Å². The van der Waals surface area contributed by atoms with Gasteiger partial charge in [-0.3, -0.25) is 4.98 Å². The Bertz CT molecular complexity index is 1080. The lowest BCUT2D eigenvalue weighted by Crippen LogP contribution is -1.97. The number of benzene rings is 3. The van der Waals surface area contributed by atoms with Gasteiger partial charge >= 0.3 is 0 Å². The van der Waals surface area contributed by atoms with Gasteiger partial charge in [0.2, 0.25) is 0 Å². The molecule has 136 valence electrons. The van der Waals surface area contributed by atoms with Crippen molar-refractivity contribution in [1.82, 2.24) is 4.98 Å². The van der Waals surface area contributed by atoms with E-state index in [9.17, 15) is 0 Å². The minimum atomic E-state index is 0.457. The Morgan fingerprint density at radius 3 is 2.37 bits per heavy atom. The lowest BCUT2D eigenvalue weighted by molar-refractivity contribution is 0.826. The van der Waals surface area contributed by atoms with Gasteiger partial charge in [0, 0.05) is 27.9 Å². The average molecular weight is 372 g/mol. The Balaban J connectivity index is 1.51. The number of thioether (sulfide) groups is 1. The molecule has 4 rings (SSSR count). The number of aromatic nitrogens is 1. The Hall–Kier alpha value is -2.32. The molecular formula is C25H25NS. The summed E-state index contributed by atoms with van der Waals surface area (Å²) in [6.07, 6.45) is 2.00. The summed E-state index contributed by atoms with van der Waals surface area (Å²) >= 11 is 1.94. The molecule has 2 heteroatoms. The van der Waals surface area contributed by atoms with Gasteiger partial charge in [-0.25, -0.2) is 0 Å². The first kappa shape index (κ1) is 18.1. The molecule has 0 bridgehead atoms. The molecule has 0 saturated heterocycles. The van der Waals surface area contributed by atoms with Gasteiger partial charge in [0.25, 0.3) is 0 Å². The summed E-state index contributed by atoms with van der Waals surface area (Å²) in [5, 5.41) is 5.14. The number of pyridine rings is 1. The minimum absolute atomic E-state index is 0.457. The van der Waals surface area contributed by atoms with Gasteiger partial charge in [-0.1, -0.05) is 69.3 Å². The Morgan fingerprint density at radius 2 is 1.56 bits per heavy atom. The number of nitrogens with zero attached hydrogens (tertiary/aromatic N) is 1. The van der Waals surface area contributed by atoms with Crippen LogP contribution in [0.4, 0.5) is 0 Å². The van der Waals surface area contributed by atoms with Crippen LogP contribution in [0.3, 0.4) is 0 Å². The van der Waals surface area contributed by atoms with Crippen molar-refractivity contribution in [2.45, 2.75) is 37.5 Å². The van der Waals surface area contributed by atoms with Crippen molar-refractivity contribution in [1.29, 1.82) is 0 Å². The fourth-order valence-corrected chi connectivity index (χ4v) is 4.38. The molecule has 0 saturated carbocycles. The van der Waals surface area contributed by atoms with Crippen molar-refractivity contribution in [3.63, 3.8) is 0 Å². The van der Waals surface area contributed by atoms with E-state index in [2.05, 4.69) is 92.5 Å². The molecule has 4 aromatic rings. The molecule has 0 fully saturated rings. The second-order valence-electron chi connectivity index (χ2n) is 7.59. The van der Waals surface area contributed by atoms with Crippen molar-refractivity contribution in [2.75, 3.05) is 5.75 Å². The summed E-state index contributed by atoms with van der Waals surface area (Å²) in [7, 11) is 0. The molecule has 1 aromatic heterocycles. The standard InChI is InChI=1S/C25H25NS/c1-17(2)25-14-23-13-24(11-10-22(23)15-26-25)27-16-18(3)20-9-8-19-6-4-5-7-21(19)12-20/h4-15,17-18H,16H2,1-3H3. The van der Waals surface area contributed by atoms with Crippen LogP contribution in [-0.2, 0) is 0 Å². The van der Waals surface area contributed by atoms with Gasteiger partial charge in [0.05, 0.1) is 0 Å². The molecule has 3 aromatic carbocycles. The van der Waals surface area contributed by atoms with Crippen LogP contribution in [-0.4, -0.2) is 10.7 Å². The Labute approximate surface area is 165 Å². The third-order valence-corrected chi connectivity index (χ3v) is 6.40. The Morgan fingerprint density at radius 1 is 0.778 bits per heavy atom. The predicted molar refractivity (Wildman–Crippen MR) is 119 cm³/mol. The third-order valence-electron chi connectivity index (χ3n) is 5.15. The predicted octanol–water partition coefficient (Wildman–Crippen LogP) is 7.41. The smallest absolute Gasteiger partial charge is 0.0435 e. The van der Waals surface area contributed by atoms with Crippen LogP contribution >= 0.6 is 11.8 Å². The molecule has 27 heavy (non-hydrogen) atoms. The molecule has 1 heterocycles. The van der Waals surface area contributed by atoms with E-state index < -0.39 is 0 Å².